The third kappa shape index (κ3) is 4.04. The van der Waals surface area contributed by atoms with Crippen LogP contribution in [-0.2, 0) is 21.7 Å². The first-order chi connectivity index (χ1) is 23.6. The summed E-state index contributed by atoms with van der Waals surface area (Å²) < 4.78 is 14.3. The Balaban J connectivity index is 1.23. The molecule has 50 heavy (non-hydrogen) atoms. The van der Waals surface area contributed by atoms with Crippen molar-refractivity contribution in [2.45, 2.75) is 108 Å². The number of rotatable bonds is 1. The summed E-state index contributed by atoms with van der Waals surface area (Å²) in [6, 6.07) is 23.8. The fourth-order valence-electron chi connectivity index (χ4n) is 11.7. The quantitative estimate of drug-likeness (QED) is 0.164. The van der Waals surface area contributed by atoms with Crippen LogP contribution in [0, 0.1) is 0 Å². The average molecular weight is 674 g/mol. The number of nitrogens with zero attached hydrogens (tertiary/aromatic N) is 1. The lowest BCUT2D eigenvalue weighted by atomic mass is 9.34. The molecule has 0 saturated heterocycles. The predicted molar refractivity (Wildman–Crippen MR) is 213 cm³/mol. The molecule has 252 valence electrons. The van der Waals surface area contributed by atoms with Crippen LogP contribution in [-0.4, -0.2) is 21.6 Å². The van der Waals surface area contributed by atoms with E-state index in [4.69, 9.17) is 9.47 Å². The summed E-state index contributed by atoms with van der Waals surface area (Å²) in [6.45, 7) is 21.8. The van der Waals surface area contributed by atoms with E-state index in [-0.39, 0.29) is 34.4 Å². The van der Waals surface area contributed by atoms with Gasteiger partial charge in [0.15, 0.2) is 0 Å². The minimum atomic E-state index is -1.23. The van der Waals surface area contributed by atoms with Crippen molar-refractivity contribution in [1.29, 1.82) is 0 Å². The number of para-hydroxylation sites is 1. The molecule has 0 aromatic heterocycles. The third-order valence-corrected chi connectivity index (χ3v) is 16.7. The van der Waals surface area contributed by atoms with E-state index in [1.54, 1.807) is 0 Å². The lowest BCUT2D eigenvalue weighted by Crippen LogP contribution is -2.58. The zero-order chi connectivity index (χ0) is 34.7. The minimum absolute atomic E-state index is 0.0440. The van der Waals surface area contributed by atoms with Gasteiger partial charge in [-0.2, -0.15) is 0 Å². The highest BCUT2D eigenvalue weighted by Gasteiger charge is 2.49. The van der Waals surface area contributed by atoms with Crippen molar-refractivity contribution in [2.24, 2.45) is 0 Å². The summed E-state index contributed by atoms with van der Waals surface area (Å²) >= 11 is 0. The van der Waals surface area contributed by atoms with Crippen LogP contribution in [0.25, 0.3) is 0 Å². The number of anilines is 2. The molecule has 0 amide bonds. The molecular formula is C45H48BNO2Si. The second-order valence-corrected chi connectivity index (χ2v) is 21.8. The van der Waals surface area contributed by atoms with Gasteiger partial charge in [0.25, 0.3) is 6.71 Å². The number of ether oxygens (including phenoxy) is 2. The second kappa shape index (κ2) is 9.67. The van der Waals surface area contributed by atoms with Gasteiger partial charge in [0, 0.05) is 29.0 Å². The fraction of sp³-hybridized carbons (Fsp3) is 0.378. The SMILES string of the molecule is C[SiH]1c2ccccc2N(c2cc3c4c(c2)Oc2cc5c(cc2B4c2cc4c(cc2O3)C(C)(C)CC4(C)C)C(C)(C)CC5(C)C)C2C=CC=CC21. The summed E-state index contributed by atoms with van der Waals surface area (Å²) in [5.74, 6) is 3.86. The topological polar surface area (TPSA) is 21.7 Å². The molecule has 10 rings (SSSR count). The van der Waals surface area contributed by atoms with Gasteiger partial charge in [0.1, 0.15) is 23.0 Å². The molecule has 3 aliphatic heterocycles. The Bertz CT molecular complexity index is 2130. The normalized spacial score (nSPS) is 25.7. The Morgan fingerprint density at radius 1 is 0.640 bits per heavy atom. The lowest BCUT2D eigenvalue weighted by Gasteiger charge is -2.46. The molecule has 5 heteroatoms. The molecule has 4 aromatic rings. The van der Waals surface area contributed by atoms with Gasteiger partial charge < -0.3 is 14.4 Å². The number of benzene rings is 4. The number of hydrogen-bond acceptors (Lipinski definition) is 3. The van der Waals surface area contributed by atoms with E-state index in [9.17, 15) is 0 Å². The van der Waals surface area contributed by atoms with Crippen LogP contribution in [0.3, 0.4) is 0 Å². The van der Waals surface area contributed by atoms with E-state index in [2.05, 4.69) is 152 Å². The summed E-state index contributed by atoms with van der Waals surface area (Å²) in [4.78, 5) is 2.57. The van der Waals surface area contributed by atoms with E-state index >= 15 is 0 Å². The molecule has 3 atom stereocenters. The summed E-state index contributed by atoms with van der Waals surface area (Å²) in [5.41, 5.74) is 12.9. The maximum Gasteiger partial charge on any atom is 0.260 e. The predicted octanol–water partition coefficient (Wildman–Crippen LogP) is 8.41. The Labute approximate surface area is 300 Å². The van der Waals surface area contributed by atoms with Gasteiger partial charge >= 0.3 is 0 Å². The maximum absolute atomic E-state index is 7.14. The van der Waals surface area contributed by atoms with E-state index in [0.29, 0.717) is 5.54 Å². The average Bonchev–Trinajstić information content (AvgIpc) is 3.36. The van der Waals surface area contributed by atoms with Crippen LogP contribution in [0.4, 0.5) is 11.4 Å². The van der Waals surface area contributed by atoms with Gasteiger partial charge in [0.05, 0.1) is 14.8 Å². The Morgan fingerprint density at radius 2 is 1.14 bits per heavy atom. The molecule has 0 radical (unpaired) electrons. The van der Waals surface area contributed by atoms with Gasteiger partial charge in [-0.25, -0.2) is 0 Å². The van der Waals surface area contributed by atoms with Crippen molar-refractivity contribution in [2.75, 3.05) is 4.90 Å². The van der Waals surface area contributed by atoms with Gasteiger partial charge in [-0.15, -0.1) is 0 Å². The molecule has 3 aliphatic carbocycles. The second-order valence-electron chi connectivity index (χ2n) is 18.8. The zero-order valence-electron chi connectivity index (χ0n) is 31.1. The van der Waals surface area contributed by atoms with Crippen molar-refractivity contribution in [3.05, 3.63) is 107 Å². The Hall–Kier alpha value is -3.96. The molecule has 0 N–H and O–H groups in total. The van der Waals surface area contributed by atoms with E-state index in [1.165, 1.54) is 49.5 Å². The van der Waals surface area contributed by atoms with Crippen LogP contribution in [0.5, 0.6) is 23.0 Å². The van der Waals surface area contributed by atoms with E-state index in [1.807, 2.05) is 0 Å². The minimum Gasteiger partial charge on any atom is -0.458 e. The number of fused-ring (bicyclic) bond motifs is 8. The number of hydrogen-bond donors (Lipinski definition) is 0. The van der Waals surface area contributed by atoms with E-state index < -0.39 is 8.80 Å². The maximum atomic E-state index is 7.14. The largest absolute Gasteiger partial charge is 0.458 e. The van der Waals surface area contributed by atoms with Crippen molar-refractivity contribution >= 4 is 48.5 Å². The van der Waals surface area contributed by atoms with Crippen LogP contribution in [0.2, 0.25) is 12.1 Å². The highest BCUT2D eigenvalue weighted by molar-refractivity contribution is 6.98. The molecule has 3 unspecified atom stereocenters. The van der Waals surface area contributed by atoms with Crippen molar-refractivity contribution in [1.82, 2.24) is 0 Å². The third-order valence-electron chi connectivity index (χ3n) is 13.4. The van der Waals surface area contributed by atoms with E-state index in [0.717, 1.165) is 41.5 Å². The molecule has 0 saturated carbocycles. The van der Waals surface area contributed by atoms with Crippen molar-refractivity contribution in [3.8, 4) is 23.0 Å². The molecule has 3 heterocycles. The summed E-state index contributed by atoms with van der Waals surface area (Å²) in [6.07, 6.45) is 11.6. The van der Waals surface area contributed by atoms with Crippen molar-refractivity contribution < 1.29 is 9.47 Å². The molecule has 4 aromatic carbocycles. The molecule has 0 spiro atoms. The van der Waals surface area contributed by atoms with Gasteiger partial charge in [-0.3, -0.25) is 0 Å². The smallest absolute Gasteiger partial charge is 0.260 e. The van der Waals surface area contributed by atoms with Crippen LogP contribution < -0.4 is 35.9 Å². The Kier molecular flexibility index (Phi) is 5.96. The van der Waals surface area contributed by atoms with Gasteiger partial charge in [-0.1, -0.05) is 117 Å². The van der Waals surface area contributed by atoms with Crippen LogP contribution in [0.15, 0.2) is 85.0 Å². The monoisotopic (exact) mass is 673 g/mol. The summed E-state index contributed by atoms with van der Waals surface area (Å²) in [5, 5.41) is 1.52. The first-order valence-corrected chi connectivity index (χ1v) is 21.2. The first-order valence-electron chi connectivity index (χ1n) is 18.8. The molecular weight excluding hydrogens is 625 g/mol. The molecule has 3 nitrogen and oxygen atoms in total. The molecule has 0 bridgehead atoms. The fourth-order valence-corrected chi connectivity index (χ4v) is 14.5. The molecule has 0 fully saturated rings. The molecule has 6 aliphatic rings. The van der Waals surface area contributed by atoms with Gasteiger partial charge in [-0.05, 0) is 96.6 Å². The highest BCUT2D eigenvalue weighted by Crippen LogP contribution is 2.53. The standard InChI is InChI=1S/C45H48BNO2Si/c1-42(2)24-44(5,6)29-22-35-31(20-27(29)42)46-32-21-28-30(45(7,8)25-43(28,3)4)23-36(32)49-38-19-26(18-37(48-35)41(38)46)47-33-14-10-12-16-39(33)50(9)40-17-13-11-15-34(40)47/h10-23,33,39,50H,24-25H2,1-9H3. The lowest BCUT2D eigenvalue weighted by molar-refractivity contribution is 0.402. The van der Waals surface area contributed by atoms with Crippen molar-refractivity contribution in [3.63, 3.8) is 0 Å². The zero-order valence-corrected chi connectivity index (χ0v) is 32.2. The highest BCUT2D eigenvalue weighted by atomic mass is 28.3. The van der Waals surface area contributed by atoms with Crippen LogP contribution in [0.1, 0.15) is 90.5 Å². The van der Waals surface area contributed by atoms with Gasteiger partial charge in [0.2, 0.25) is 0 Å². The Morgan fingerprint density at radius 3 is 1.70 bits per heavy atom. The van der Waals surface area contributed by atoms with Crippen LogP contribution >= 0.6 is 0 Å². The first kappa shape index (κ1) is 30.8. The number of allylic oxidation sites excluding steroid dienone is 2. The summed E-state index contributed by atoms with van der Waals surface area (Å²) in [7, 11) is -1.23.